The van der Waals surface area contributed by atoms with Crippen LogP contribution in [-0.2, 0) is 15.1 Å². The van der Waals surface area contributed by atoms with E-state index < -0.39 is 0 Å². The van der Waals surface area contributed by atoms with Crippen molar-refractivity contribution in [2.45, 2.75) is 25.4 Å². The molecule has 3 saturated heterocycles. The van der Waals surface area contributed by atoms with Crippen molar-refractivity contribution in [3.05, 3.63) is 35.9 Å². The number of amides is 1. The second-order valence-electron chi connectivity index (χ2n) is 7.23. The third-order valence-electron chi connectivity index (χ3n) is 5.74. The fourth-order valence-corrected chi connectivity index (χ4v) is 4.35. The van der Waals surface area contributed by atoms with Gasteiger partial charge in [-0.05, 0) is 38.4 Å². The molecular weight excluding hydrogens is 276 g/mol. The summed E-state index contributed by atoms with van der Waals surface area (Å²) in [6, 6.07) is 10.3. The first-order valence-electron chi connectivity index (χ1n) is 8.33. The highest BCUT2D eigenvalue weighted by Crippen LogP contribution is 2.43. The molecule has 3 aliphatic rings. The Hall–Kier alpha value is -1.39. The van der Waals surface area contributed by atoms with Crippen molar-refractivity contribution in [3.63, 3.8) is 0 Å². The van der Waals surface area contributed by atoms with Crippen LogP contribution >= 0.6 is 0 Å². The van der Waals surface area contributed by atoms with Crippen LogP contribution in [0, 0.1) is 5.41 Å². The SMILES string of the molecule is CC1(c2ccccc2)CN(C(=O)C23CCN(CC2)C3)CCO1. The van der Waals surface area contributed by atoms with Crippen molar-refractivity contribution in [2.24, 2.45) is 5.41 Å². The van der Waals surface area contributed by atoms with Gasteiger partial charge in [0.2, 0.25) is 5.91 Å². The largest absolute Gasteiger partial charge is 0.367 e. The van der Waals surface area contributed by atoms with E-state index in [-0.39, 0.29) is 11.0 Å². The maximum atomic E-state index is 13.1. The van der Waals surface area contributed by atoms with Gasteiger partial charge < -0.3 is 14.5 Å². The number of nitrogens with zero attached hydrogens (tertiary/aromatic N) is 2. The Labute approximate surface area is 132 Å². The van der Waals surface area contributed by atoms with E-state index in [1.807, 2.05) is 18.2 Å². The molecule has 0 aliphatic carbocycles. The Morgan fingerprint density at radius 3 is 2.45 bits per heavy atom. The molecule has 1 atom stereocenters. The minimum Gasteiger partial charge on any atom is -0.367 e. The maximum absolute atomic E-state index is 13.1. The van der Waals surface area contributed by atoms with Crippen LogP contribution in [0.4, 0.5) is 0 Å². The molecule has 1 aromatic rings. The van der Waals surface area contributed by atoms with Crippen LogP contribution < -0.4 is 0 Å². The van der Waals surface area contributed by atoms with E-state index in [1.165, 1.54) is 0 Å². The van der Waals surface area contributed by atoms with Crippen LogP contribution in [0.25, 0.3) is 0 Å². The number of benzene rings is 1. The molecule has 4 nitrogen and oxygen atoms in total. The smallest absolute Gasteiger partial charge is 0.230 e. The molecule has 0 radical (unpaired) electrons. The molecule has 0 aromatic heterocycles. The van der Waals surface area contributed by atoms with Gasteiger partial charge in [-0.1, -0.05) is 30.3 Å². The van der Waals surface area contributed by atoms with Crippen molar-refractivity contribution in [3.8, 4) is 0 Å². The molecule has 2 bridgehead atoms. The second-order valence-corrected chi connectivity index (χ2v) is 7.23. The quantitative estimate of drug-likeness (QED) is 0.836. The first-order valence-corrected chi connectivity index (χ1v) is 8.33. The lowest BCUT2D eigenvalue weighted by molar-refractivity contribution is -0.158. The summed E-state index contributed by atoms with van der Waals surface area (Å²) in [5.41, 5.74) is 0.668. The molecule has 22 heavy (non-hydrogen) atoms. The number of fused-ring (bicyclic) bond motifs is 2. The summed E-state index contributed by atoms with van der Waals surface area (Å²) in [6.07, 6.45) is 2.07. The molecule has 1 amide bonds. The lowest BCUT2D eigenvalue weighted by Gasteiger charge is -2.43. The van der Waals surface area contributed by atoms with Gasteiger partial charge in [-0.25, -0.2) is 0 Å². The zero-order valence-electron chi connectivity index (χ0n) is 13.3. The zero-order valence-corrected chi connectivity index (χ0v) is 13.3. The minimum absolute atomic E-state index is 0.102. The number of carbonyl (C=O) groups is 1. The maximum Gasteiger partial charge on any atom is 0.230 e. The standard InChI is InChI=1S/C18H24N2O2/c1-17(15-5-3-2-4-6-15)13-20(11-12-22-17)16(21)18-7-9-19(14-18)10-8-18/h2-6H,7-14H2,1H3. The summed E-state index contributed by atoms with van der Waals surface area (Å²) >= 11 is 0. The van der Waals surface area contributed by atoms with E-state index in [4.69, 9.17) is 4.74 Å². The molecule has 3 fully saturated rings. The Balaban J connectivity index is 1.55. The number of carbonyl (C=O) groups excluding carboxylic acids is 1. The van der Waals surface area contributed by atoms with Crippen molar-refractivity contribution in [1.82, 2.24) is 9.80 Å². The minimum atomic E-state index is -0.386. The third-order valence-corrected chi connectivity index (χ3v) is 5.74. The van der Waals surface area contributed by atoms with Crippen LogP contribution in [0.5, 0.6) is 0 Å². The highest BCUT2D eigenvalue weighted by atomic mass is 16.5. The summed E-state index contributed by atoms with van der Waals surface area (Å²) in [5, 5.41) is 0. The highest BCUT2D eigenvalue weighted by Gasteiger charge is 2.52. The Kier molecular flexibility index (Phi) is 3.27. The van der Waals surface area contributed by atoms with Crippen molar-refractivity contribution in [2.75, 3.05) is 39.3 Å². The average molecular weight is 300 g/mol. The fraction of sp³-hybridized carbons (Fsp3) is 0.611. The van der Waals surface area contributed by atoms with Gasteiger partial charge >= 0.3 is 0 Å². The van der Waals surface area contributed by atoms with Crippen LogP contribution in [0.1, 0.15) is 25.3 Å². The van der Waals surface area contributed by atoms with E-state index in [1.54, 1.807) is 0 Å². The van der Waals surface area contributed by atoms with Gasteiger partial charge in [-0.15, -0.1) is 0 Å². The number of hydrogen-bond acceptors (Lipinski definition) is 3. The highest BCUT2D eigenvalue weighted by molar-refractivity contribution is 5.84. The Morgan fingerprint density at radius 2 is 1.82 bits per heavy atom. The molecule has 4 rings (SSSR count). The van der Waals surface area contributed by atoms with Crippen LogP contribution in [-0.4, -0.2) is 55.0 Å². The monoisotopic (exact) mass is 300 g/mol. The Morgan fingerprint density at radius 1 is 1.09 bits per heavy atom. The first kappa shape index (κ1) is 14.2. The van der Waals surface area contributed by atoms with Gasteiger partial charge in [0.05, 0.1) is 18.6 Å². The van der Waals surface area contributed by atoms with Crippen LogP contribution in [0.3, 0.4) is 0 Å². The van der Waals surface area contributed by atoms with E-state index in [0.29, 0.717) is 19.1 Å². The summed E-state index contributed by atoms with van der Waals surface area (Å²) in [6.45, 7) is 7.26. The van der Waals surface area contributed by atoms with Crippen molar-refractivity contribution >= 4 is 5.91 Å². The lowest BCUT2D eigenvalue weighted by Crippen LogP contribution is -2.54. The predicted octanol–water partition coefficient (Wildman–Crippen LogP) is 1.86. The molecule has 0 saturated carbocycles. The molecular formula is C18H24N2O2. The van der Waals surface area contributed by atoms with E-state index in [2.05, 4.69) is 28.9 Å². The van der Waals surface area contributed by atoms with Gasteiger partial charge in [-0.3, -0.25) is 4.79 Å². The number of rotatable bonds is 2. The first-order chi connectivity index (χ1) is 10.6. The average Bonchev–Trinajstić information content (AvgIpc) is 3.17. The summed E-state index contributed by atoms with van der Waals surface area (Å²) in [4.78, 5) is 17.6. The normalized spacial score (nSPS) is 37.5. The molecule has 3 heterocycles. The number of piperidine rings is 1. The van der Waals surface area contributed by atoms with Gasteiger partial charge in [-0.2, -0.15) is 0 Å². The molecule has 4 heteroatoms. The van der Waals surface area contributed by atoms with Gasteiger partial charge in [0.25, 0.3) is 0 Å². The lowest BCUT2D eigenvalue weighted by atomic mass is 9.82. The molecule has 0 N–H and O–H groups in total. The fourth-order valence-electron chi connectivity index (χ4n) is 4.35. The third kappa shape index (κ3) is 2.17. The van der Waals surface area contributed by atoms with Gasteiger partial charge in [0.1, 0.15) is 5.60 Å². The van der Waals surface area contributed by atoms with E-state index in [0.717, 1.165) is 44.6 Å². The molecule has 0 spiro atoms. The summed E-state index contributed by atoms with van der Waals surface area (Å²) in [5.74, 6) is 0.359. The topological polar surface area (TPSA) is 32.8 Å². The molecule has 118 valence electrons. The second kappa shape index (κ2) is 5.07. The molecule has 1 unspecified atom stereocenters. The number of hydrogen-bond donors (Lipinski definition) is 0. The molecule has 3 aliphatic heterocycles. The molecule has 1 aromatic carbocycles. The Bertz CT molecular complexity index is 566. The summed E-state index contributed by atoms with van der Waals surface area (Å²) < 4.78 is 6.07. The van der Waals surface area contributed by atoms with E-state index >= 15 is 0 Å². The van der Waals surface area contributed by atoms with Gasteiger partial charge in [0.15, 0.2) is 0 Å². The van der Waals surface area contributed by atoms with Crippen LogP contribution in [0.15, 0.2) is 30.3 Å². The van der Waals surface area contributed by atoms with Gasteiger partial charge in [0, 0.05) is 13.1 Å². The summed E-state index contributed by atoms with van der Waals surface area (Å²) in [7, 11) is 0. The number of morpholine rings is 1. The van der Waals surface area contributed by atoms with E-state index in [9.17, 15) is 4.79 Å². The van der Waals surface area contributed by atoms with Crippen molar-refractivity contribution < 1.29 is 9.53 Å². The van der Waals surface area contributed by atoms with Crippen LogP contribution in [0.2, 0.25) is 0 Å². The number of ether oxygens (including phenoxy) is 1. The zero-order chi connectivity index (χ0) is 15.2. The van der Waals surface area contributed by atoms with Crippen molar-refractivity contribution in [1.29, 1.82) is 0 Å². The predicted molar refractivity (Wildman–Crippen MR) is 84.4 cm³/mol.